The van der Waals surface area contributed by atoms with Crippen LogP contribution in [0, 0.1) is 11.7 Å². The van der Waals surface area contributed by atoms with Gasteiger partial charge in [-0.2, -0.15) is 0 Å². The Morgan fingerprint density at radius 2 is 1.71 bits per heavy atom. The number of hydrogen-bond donors (Lipinski definition) is 2. The van der Waals surface area contributed by atoms with Crippen molar-refractivity contribution in [3.05, 3.63) is 71.5 Å². The van der Waals surface area contributed by atoms with Crippen LogP contribution in [-0.2, 0) is 6.54 Å². The molecular formula is C20H23FN2O. The second-order valence-corrected chi connectivity index (χ2v) is 6.39. The Labute approximate surface area is 142 Å². The van der Waals surface area contributed by atoms with Crippen LogP contribution < -0.4 is 10.6 Å². The smallest absolute Gasteiger partial charge is 0.315 e. The van der Waals surface area contributed by atoms with E-state index in [1.54, 1.807) is 12.1 Å². The Morgan fingerprint density at radius 3 is 2.38 bits per heavy atom. The van der Waals surface area contributed by atoms with E-state index in [0.29, 0.717) is 12.5 Å². The van der Waals surface area contributed by atoms with E-state index in [0.717, 1.165) is 24.0 Å². The molecule has 0 aliphatic heterocycles. The summed E-state index contributed by atoms with van der Waals surface area (Å²) in [6.45, 7) is 0.494. The molecular weight excluding hydrogens is 303 g/mol. The number of benzene rings is 2. The summed E-state index contributed by atoms with van der Waals surface area (Å²) >= 11 is 0. The topological polar surface area (TPSA) is 41.1 Å². The van der Waals surface area contributed by atoms with Crippen molar-refractivity contribution in [3.63, 3.8) is 0 Å². The largest absolute Gasteiger partial charge is 0.334 e. The maximum atomic E-state index is 13.2. The van der Waals surface area contributed by atoms with Crippen LogP contribution in [0.4, 0.5) is 9.18 Å². The third-order valence-corrected chi connectivity index (χ3v) is 4.68. The molecule has 3 rings (SSSR count). The van der Waals surface area contributed by atoms with Gasteiger partial charge in [-0.05, 0) is 42.0 Å². The molecule has 0 spiro atoms. The van der Waals surface area contributed by atoms with Crippen LogP contribution in [0.25, 0.3) is 0 Å². The lowest BCUT2D eigenvalue weighted by molar-refractivity contribution is 0.230. The number of amides is 2. The fourth-order valence-electron chi connectivity index (χ4n) is 3.40. The molecule has 2 N–H and O–H groups in total. The zero-order valence-corrected chi connectivity index (χ0v) is 13.7. The average molecular weight is 326 g/mol. The summed E-state index contributed by atoms with van der Waals surface area (Å²) in [7, 11) is 0. The van der Waals surface area contributed by atoms with Crippen molar-refractivity contribution in [2.24, 2.45) is 5.92 Å². The molecule has 3 nitrogen and oxygen atoms in total. The summed E-state index contributed by atoms with van der Waals surface area (Å²) in [5, 5.41) is 6.00. The Hall–Kier alpha value is -2.36. The highest BCUT2D eigenvalue weighted by Gasteiger charge is 2.27. The van der Waals surface area contributed by atoms with Crippen LogP contribution >= 0.6 is 0 Å². The minimum Gasteiger partial charge on any atom is -0.334 e. The Balaban J connectivity index is 1.64. The zero-order chi connectivity index (χ0) is 16.8. The number of rotatable bonds is 5. The lowest BCUT2D eigenvalue weighted by atomic mass is 9.91. The predicted octanol–water partition coefficient (Wildman–Crippen LogP) is 4.56. The maximum absolute atomic E-state index is 13.2. The number of halogens is 1. The van der Waals surface area contributed by atoms with Gasteiger partial charge in [0.25, 0.3) is 0 Å². The quantitative estimate of drug-likeness (QED) is 0.831. The van der Waals surface area contributed by atoms with Gasteiger partial charge >= 0.3 is 6.03 Å². The summed E-state index contributed by atoms with van der Waals surface area (Å²) < 4.78 is 13.2. The molecule has 1 saturated carbocycles. The van der Waals surface area contributed by atoms with Crippen molar-refractivity contribution in [1.29, 1.82) is 0 Å². The van der Waals surface area contributed by atoms with Gasteiger partial charge in [-0.25, -0.2) is 9.18 Å². The fraction of sp³-hybridized carbons (Fsp3) is 0.350. The van der Waals surface area contributed by atoms with E-state index in [1.807, 2.05) is 30.3 Å². The SMILES string of the molecule is O=C(NCc1ccccc1)NC(c1ccc(F)cc1)C1CCCC1. The first-order valence-electron chi connectivity index (χ1n) is 8.56. The third kappa shape index (κ3) is 4.34. The highest BCUT2D eigenvalue weighted by Crippen LogP contribution is 2.35. The molecule has 0 aromatic heterocycles. The van der Waals surface area contributed by atoms with E-state index >= 15 is 0 Å². The molecule has 2 amide bonds. The first-order valence-corrected chi connectivity index (χ1v) is 8.56. The first kappa shape index (κ1) is 16.5. The number of urea groups is 1. The number of nitrogens with one attached hydrogen (secondary N) is 2. The molecule has 1 atom stereocenters. The molecule has 0 saturated heterocycles. The lowest BCUT2D eigenvalue weighted by Crippen LogP contribution is -2.40. The van der Waals surface area contributed by atoms with Gasteiger partial charge in [-0.15, -0.1) is 0 Å². The first-order chi connectivity index (χ1) is 11.7. The van der Waals surface area contributed by atoms with Crippen molar-refractivity contribution in [1.82, 2.24) is 10.6 Å². The van der Waals surface area contributed by atoms with Crippen LogP contribution in [0.5, 0.6) is 0 Å². The van der Waals surface area contributed by atoms with Crippen molar-refractivity contribution in [2.45, 2.75) is 38.3 Å². The van der Waals surface area contributed by atoms with Gasteiger partial charge < -0.3 is 10.6 Å². The lowest BCUT2D eigenvalue weighted by Gasteiger charge is -2.25. The maximum Gasteiger partial charge on any atom is 0.315 e. The van der Waals surface area contributed by atoms with E-state index in [1.165, 1.54) is 25.0 Å². The minimum absolute atomic E-state index is 0.0659. The number of carbonyl (C=O) groups is 1. The molecule has 1 aliphatic carbocycles. The van der Waals surface area contributed by atoms with Crippen molar-refractivity contribution in [2.75, 3.05) is 0 Å². The summed E-state index contributed by atoms with van der Waals surface area (Å²) in [5.74, 6) is 0.162. The average Bonchev–Trinajstić information content (AvgIpc) is 3.14. The zero-order valence-electron chi connectivity index (χ0n) is 13.7. The predicted molar refractivity (Wildman–Crippen MR) is 92.9 cm³/mol. The molecule has 0 radical (unpaired) electrons. The summed E-state index contributed by atoms with van der Waals surface area (Å²) in [6.07, 6.45) is 4.58. The molecule has 1 unspecified atom stereocenters. The Morgan fingerprint density at radius 1 is 1.04 bits per heavy atom. The highest BCUT2D eigenvalue weighted by molar-refractivity contribution is 5.74. The van der Waals surface area contributed by atoms with E-state index in [2.05, 4.69) is 10.6 Å². The molecule has 1 fully saturated rings. The van der Waals surface area contributed by atoms with Crippen LogP contribution in [0.3, 0.4) is 0 Å². The van der Waals surface area contributed by atoms with Crippen molar-refractivity contribution >= 4 is 6.03 Å². The highest BCUT2D eigenvalue weighted by atomic mass is 19.1. The van der Waals surface area contributed by atoms with E-state index in [9.17, 15) is 9.18 Å². The third-order valence-electron chi connectivity index (χ3n) is 4.68. The molecule has 126 valence electrons. The van der Waals surface area contributed by atoms with Gasteiger partial charge in [0.2, 0.25) is 0 Å². The fourth-order valence-corrected chi connectivity index (χ4v) is 3.40. The van der Waals surface area contributed by atoms with Gasteiger partial charge in [0.1, 0.15) is 5.82 Å². The minimum atomic E-state index is -0.252. The van der Waals surface area contributed by atoms with Crippen LogP contribution in [0.1, 0.15) is 42.9 Å². The Kier molecular flexibility index (Phi) is 5.47. The standard InChI is InChI=1S/C20H23FN2O/c21-18-12-10-17(11-13-18)19(16-8-4-5-9-16)23-20(24)22-14-15-6-2-1-3-7-15/h1-3,6-7,10-13,16,19H,4-5,8-9,14H2,(H2,22,23,24). The van der Waals surface area contributed by atoms with Gasteiger partial charge in [-0.3, -0.25) is 0 Å². The number of hydrogen-bond acceptors (Lipinski definition) is 1. The summed E-state index contributed by atoms with van der Waals surface area (Å²) in [6, 6.07) is 16.0. The molecule has 4 heteroatoms. The van der Waals surface area contributed by atoms with Crippen LogP contribution in [-0.4, -0.2) is 6.03 Å². The van der Waals surface area contributed by atoms with Crippen LogP contribution in [0.15, 0.2) is 54.6 Å². The molecule has 24 heavy (non-hydrogen) atoms. The molecule has 2 aromatic rings. The molecule has 0 heterocycles. The summed E-state index contributed by atoms with van der Waals surface area (Å²) in [4.78, 5) is 12.3. The van der Waals surface area contributed by atoms with Gasteiger partial charge in [0.15, 0.2) is 0 Å². The van der Waals surface area contributed by atoms with E-state index < -0.39 is 0 Å². The monoisotopic (exact) mass is 326 g/mol. The van der Waals surface area contributed by atoms with E-state index in [4.69, 9.17) is 0 Å². The van der Waals surface area contributed by atoms with Gasteiger partial charge in [-0.1, -0.05) is 55.3 Å². The second kappa shape index (κ2) is 7.95. The van der Waals surface area contributed by atoms with E-state index in [-0.39, 0.29) is 17.9 Å². The van der Waals surface area contributed by atoms with Gasteiger partial charge in [0.05, 0.1) is 6.04 Å². The number of carbonyl (C=O) groups excluding carboxylic acids is 1. The normalized spacial score (nSPS) is 15.9. The Bertz CT molecular complexity index is 651. The molecule has 1 aliphatic rings. The molecule has 2 aromatic carbocycles. The van der Waals surface area contributed by atoms with Crippen molar-refractivity contribution < 1.29 is 9.18 Å². The van der Waals surface area contributed by atoms with Gasteiger partial charge in [0, 0.05) is 6.54 Å². The molecule has 0 bridgehead atoms. The van der Waals surface area contributed by atoms with Crippen LogP contribution in [0.2, 0.25) is 0 Å². The van der Waals surface area contributed by atoms with Crippen molar-refractivity contribution in [3.8, 4) is 0 Å². The summed E-state index contributed by atoms with van der Waals surface area (Å²) in [5.41, 5.74) is 2.03. The second-order valence-electron chi connectivity index (χ2n) is 6.39.